The van der Waals surface area contributed by atoms with Crippen LogP contribution in [0.3, 0.4) is 0 Å². The summed E-state index contributed by atoms with van der Waals surface area (Å²) in [6.07, 6.45) is 1.75. The highest BCUT2D eigenvalue weighted by Gasteiger charge is 2.19. The third-order valence-corrected chi connectivity index (χ3v) is 4.72. The highest BCUT2D eigenvalue weighted by molar-refractivity contribution is 5.78. The van der Waals surface area contributed by atoms with E-state index in [9.17, 15) is 4.79 Å². The molecule has 0 fully saturated rings. The molecule has 1 heterocycles. The van der Waals surface area contributed by atoms with Crippen LogP contribution in [0.4, 0.5) is 0 Å². The summed E-state index contributed by atoms with van der Waals surface area (Å²) in [6, 6.07) is 21.5. The monoisotopic (exact) mass is 404 g/mol. The fraction of sp³-hybridized carbons (Fsp3) is 0.280. The van der Waals surface area contributed by atoms with Gasteiger partial charge in [0.05, 0.1) is 19.3 Å². The van der Waals surface area contributed by atoms with Gasteiger partial charge in [0.1, 0.15) is 6.61 Å². The van der Waals surface area contributed by atoms with Crippen molar-refractivity contribution in [3.05, 3.63) is 89.7 Å². The van der Waals surface area contributed by atoms with Crippen molar-refractivity contribution in [1.29, 1.82) is 0 Å². The number of nitrogens with zero attached hydrogens (tertiary/aromatic N) is 2. The van der Waals surface area contributed by atoms with Gasteiger partial charge in [0.25, 0.3) is 0 Å². The Morgan fingerprint density at radius 1 is 0.933 bits per heavy atom. The number of aromatic nitrogens is 1. The van der Waals surface area contributed by atoms with Gasteiger partial charge in [0, 0.05) is 18.7 Å². The molecule has 156 valence electrons. The number of rotatable bonds is 9. The van der Waals surface area contributed by atoms with Crippen LogP contribution in [0.2, 0.25) is 0 Å². The zero-order valence-corrected chi connectivity index (χ0v) is 17.7. The molecule has 1 aromatic heterocycles. The molecule has 0 unspecified atom stereocenters. The fourth-order valence-electron chi connectivity index (χ4n) is 3.15. The van der Waals surface area contributed by atoms with Crippen LogP contribution < -0.4 is 9.47 Å². The maximum absolute atomic E-state index is 12.8. The van der Waals surface area contributed by atoms with E-state index in [4.69, 9.17) is 9.47 Å². The minimum absolute atomic E-state index is 0.0871. The Morgan fingerprint density at radius 2 is 1.70 bits per heavy atom. The van der Waals surface area contributed by atoms with Crippen molar-refractivity contribution in [2.75, 3.05) is 7.11 Å². The molecular weight excluding hydrogens is 376 g/mol. The number of ether oxygens (including phenoxy) is 2. The standard InChI is InChI=1S/C25H28N2O3/c1-19(2)25(28)27(17-22-11-7-8-14-26-22)16-21-12-13-23(24(15-21)29-3)30-18-20-9-5-4-6-10-20/h4-15,19H,16-18H2,1-3H3. The molecule has 0 bridgehead atoms. The van der Waals surface area contributed by atoms with Gasteiger partial charge < -0.3 is 14.4 Å². The zero-order valence-electron chi connectivity index (χ0n) is 17.7. The molecular formula is C25H28N2O3. The topological polar surface area (TPSA) is 51.7 Å². The normalized spacial score (nSPS) is 10.7. The summed E-state index contributed by atoms with van der Waals surface area (Å²) in [7, 11) is 1.62. The lowest BCUT2D eigenvalue weighted by Crippen LogP contribution is -2.33. The van der Waals surface area contributed by atoms with E-state index >= 15 is 0 Å². The van der Waals surface area contributed by atoms with Crippen LogP contribution in [0.5, 0.6) is 11.5 Å². The average Bonchev–Trinajstić information content (AvgIpc) is 2.78. The summed E-state index contributed by atoms with van der Waals surface area (Å²) in [5.74, 6) is 1.32. The maximum atomic E-state index is 12.8. The Bertz CT molecular complexity index is 943. The number of carbonyl (C=O) groups excluding carboxylic acids is 1. The lowest BCUT2D eigenvalue weighted by Gasteiger charge is -2.25. The molecule has 5 heteroatoms. The van der Waals surface area contributed by atoms with Gasteiger partial charge in [-0.2, -0.15) is 0 Å². The van der Waals surface area contributed by atoms with E-state index in [1.165, 1.54) is 0 Å². The molecule has 0 aliphatic rings. The fourth-order valence-corrected chi connectivity index (χ4v) is 3.15. The summed E-state index contributed by atoms with van der Waals surface area (Å²) in [5.41, 5.74) is 2.93. The molecule has 30 heavy (non-hydrogen) atoms. The molecule has 0 aliphatic heterocycles. The van der Waals surface area contributed by atoms with Gasteiger partial charge in [-0.3, -0.25) is 9.78 Å². The van der Waals surface area contributed by atoms with Gasteiger partial charge in [-0.05, 0) is 35.4 Å². The second kappa shape index (κ2) is 10.4. The van der Waals surface area contributed by atoms with Gasteiger partial charge in [0.15, 0.2) is 11.5 Å². The molecule has 0 spiro atoms. The predicted octanol–water partition coefficient (Wildman–Crippen LogP) is 4.85. The van der Waals surface area contributed by atoms with Crippen molar-refractivity contribution in [3.63, 3.8) is 0 Å². The van der Waals surface area contributed by atoms with Crippen molar-refractivity contribution < 1.29 is 14.3 Å². The van der Waals surface area contributed by atoms with Crippen LogP contribution in [-0.4, -0.2) is 22.9 Å². The molecule has 0 aliphatic carbocycles. The first-order valence-corrected chi connectivity index (χ1v) is 10.1. The zero-order chi connectivity index (χ0) is 21.3. The summed E-state index contributed by atoms with van der Waals surface area (Å²) in [4.78, 5) is 19.0. The van der Waals surface area contributed by atoms with Crippen LogP contribution in [0.15, 0.2) is 72.9 Å². The summed E-state index contributed by atoms with van der Waals surface area (Å²) in [5, 5.41) is 0. The highest BCUT2D eigenvalue weighted by Crippen LogP contribution is 2.29. The molecule has 5 nitrogen and oxygen atoms in total. The molecule has 2 aromatic carbocycles. The van der Waals surface area contributed by atoms with Crippen molar-refractivity contribution in [2.45, 2.75) is 33.5 Å². The quantitative estimate of drug-likeness (QED) is 0.511. The van der Waals surface area contributed by atoms with Crippen LogP contribution in [-0.2, 0) is 24.5 Å². The maximum Gasteiger partial charge on any atom is 0.225 e. The molecule has 0 saturated heterocycles. The SMILES string of the molecule is COc1cc(CN(Cc2ccccn2)C(=O)C(C)C)ccc1OCc1ccccc1. The van der Waals surface area contributed by atoms with Gasteiger partial charge in [0.2, 0.25) is 5.91 Å². The number of benzene rings is 2. The molecule has 0 saturated carbocycles. The smallest absolute Gasteiger partial charge is 0.225 e. The Morgan fingerprint density at radius 3 is 2.37 bits per heavy atom. The Kier molecular flexibility index (Phi) is 7.44. The van der Waals surface area contributed by atoms with E-state index in [0.29, 0.717) is 31.2 Å². The lowest BCUT2D eigenvalue weighted by atomic mass is 10.1. The number of hydrogen-bond donors (Lipinski definition) is 0. The average molecular weight is 405 g/mol. The second-order valence-corrected chi connectivity index (χ2v) is 7.43. The van der Waals surface area contributed by atoms with Crippen molar-refractivity contribution >= 4 is 5.91 Å². The van der Waals surface area contributed by atoms with Gasteiger partial charge in [-0.15, -0.1) is 0 Å². The first kappa shape index (κ1) is 21.4. The largest absolute Gasteiger partial charge is 0.493 e. The van der Waals surface area contributed by atoms with Crippen molar-refractivity contribution in [2.24, 2.45) is 5.92 Å². The summed E-state index contributed by atoms with van der Waals surface area (Å²) < 4.78 is 11.5. The molecule has 1 amide bonds. The molecule has 3 aromatic rings. The number of hydrogen-bond acceptors (Lipinski definition) is 4. The third kappa shape index (κ3) is 5.83. The first-order valence-electron chi connectivity index (χ1n) is 10.1. The lowest BCUT2D eigenvalue weighted by molar-refractivity contribution is -0.135. The van der Waals surface area contributed by atoms with Gasteiger partial charge in [-0.25, -0.2) is 0 Å². The van der Waals surface area contributed by atoms with E-state index in [1.54, 1.807) is 13.3 Å². The third-order valence-electron chi connectivity index (χ3n) is 4.72. The van der Waals surface area contributed by atoms with Crippen molar-refractivity contribution in [3.8, 4) is 11.5 Å². The minimum atomic E-state index is -0.0934. The first-order chi connectivity index (χ1) is 14.6. The van der Waals surface area contributed by atoms with Crippen molar-refractivity contribution in [1.82, 2.24) is 9.88 Å². The highest BCUT2D eigenvalue weighted by atomic mass is 16.5. The Balaban J connectivity index is 1.74. The van der Waals surface area contributed by atoms with E-state index in [-0.39, 0.29) is 11.8 Å². The van der Waals surface area contributed by atoms with Crippen LogP contribution in [0.1, 0.15) is 30.7 Å². The number of carbonyl (C=O) groups is 1. The Labute approximate surface area is 178 Å². The van der Waals surface area contributed by atoms with E-state index < -0.39 is 0 Å². The molecule has 0 radical (unpaired) electrons. The van der Waals surface area contributed by atoms with Crippen LogP contribution >= 0.6 is 0 Å². The molecule has 0 atom stereocenters. The summed E-state index contributed by atoms with van der Waals surface area (Å²) >= 11 is 0. The number of pyridine rings is 1. The van der Waals surface area contributed by atoms with Crippen LogP contribution in [0, 0.1) is 5.92 Å². The van der Waals surface area contributed by atoms with Gasteiger partial charge >= 0.3 is 0 Å². The predicted molar refractivity (Wildman–Crippen MR) is 117 cm³/mol. The Hall–Kier alpha value is -3.34. The summed E-state index contributed by atoms with van der Waals surface area (Å²) in [6.45, 7) is 5.23. The van der Waals surface area contributed by atoms with E-state index in [2.05, 4.69) is 4.98 Å². The molecule has 0 N–H and O–H groups in total. The van der Waals surface area contributed by atoms with Crippen LogP contribution in [0.25, 0.3) is 0 Å². The minimum Gasteiger partial charge on any atom is -0.493 e. The number of amides is 1. The molecule has 3 rings (SSSR count). The van der Waals surface area contributed by atoms with E-state index in [0.717, 1.165) is 16.8 Å². The second-order valence-electron chi connectivity index (χ2n) is 7.43. The number of methoxy groups -OCH3 is 1. The van der Waals surface area contributed by atoms with E-state index in [1.807, 2.05) is 85.5 Å². The van der Waals surface area contributed by atoms with Gasteiger partial charge in [-0.1, -0.05) is 56.3 Å².